The van der Waals surface area contributed by atoms with E-state index in [9.17, 15) is 4.79 Å². The summed E-state index contributed by atoms with van der Waals surface area (Å²) in [6, 6.07) is 8.91. The molecule has 1 N–H and O–H groups in total. The van der Waals surface area contributed by atoms with Crippen LogP contribution in [0, 0.1) is 0 Å². The zero-order valence-electron chi connectivity index (χ0n) is 9.50. The molecular formula is C11H13N5O. The Morgan fingerprint density at radius 3 is 2.82 bits per heavy atom. The Morgan fingerprint density at radius 2 is 2.12 bits per heavy atom. The van der Waals surface area contributed by atoms with Gasteiger partial charge in [-0.15, -0.1) is 5.10 Å². The molecule has 0 atom stereocenters. The number of nitrogens with zero attached hydrogens (tertiary/aromatic N) is 4. The zero-order chi connectivity index (χ0) is 12.1. The third-order valence-electron chi connectivity index (χ3n) is 2.14. The van der Waals surface area contributed by atoms with Gasteiger partial charge >= 0.3 is 0 Å². The van der Waals surface area contributed by atoms with Gasteiger partial charge in [0.15, 0.2) is 0 Å². The van der Waals surface area contributed by atoms with Crippen molar-refractivity contribution in [3.63, 3.8) is 0 Å². The Morgan fingerprint density at radius 1 is 1.35 bits per heavy atom. The van der Waals surface area contributed by atoms with E-state index in [4.69, 9.17) is 0 Å². The second-order valence-corrected chi connectivity index (χ2v) is 3.53. The summed E-state index contributed by atoms with van der Waals surface area (Å²) in [5, 5.41) is 14.2. The van der Waals surface area contributed by atoms with E-state index < -0.39 is 0 Å². The number of benzene rings is 1. The Balaban J connectivity index is 2.03. The lowest BCUT2D eigenvalue weighted by molar-refractivity contribution is 0.102. The maximum atomic E-state index is 11.8. The number of anilines is 1. The molecule has 0 bridgehead atoms. The van der Waals surface area contributed by atoms with Gasteiger partial charge in [-0.05, 0) is 23.8 Å². The predicted molar refractivity (Wildman–Crippen MR) is 62.5 cm³/mol. The van der Waals surface area contributed by atoms with Crippen molar-refractivity contribution in [1.82, 2.24) is 20.2 Å². The highest BCUT2D eigenvalue weighted by atomic mass is 16.1. The van der Waals surface area contributed by atoms with Crippen LogP contribution >= 0.6 is 0 Å². The van der Waals surface area contributed by atoms with Crippen LogP contribution in [0.2, 0.25) is 0 Å². The number of aromatic nitrogens is 4. The number of aryl methyl sites for hydroxylation is 1. The van der Waals surface area contributed by atoms with Gasteiger partial charge in [0.05, 0.1) is 6.54 Å². The standard InChI is InChI=1S/C11H13N5O/c1-2-8-16-14-11(13-15-16)12-10(17)9-6-4-3-5-7-9/h3-7H,2,8H2,1H3,(H,12,14,17). The van der Waals surface area contributed by atoms with Gasteiger partial charge < -0.3 is 0 Å². The molecular weight excluding hydrogens is 218 g/mol. The largest absolute Gasteiger partial charge is 0.288 e. The van der Waals surface area contributed by atoms with Crippen LogP contribution in [0.1, 0.15) is 23.7 Å². The number of nitrogens with one attached hydrogen (secondary N) is 1. The fourth-order valence-electron chi connectivity index (χ4n) is 1.35. The second kappa shape index (κ2) is 5.20. The topological polar surface area (TPSA) is 72.7 Å². The number of amides is 1. The first-order valence-electron chi connectivity index (χ1n) is 5.44. The van der Waals surface area contributed by atoms with E-state index in [0.717, 1.165) is 6.42 Å². The van der Waals surface area contributed by atoms with Gasteiger partial charge in [-0.3, -0.25) is 10.1 Å². The molecule has 1 heterocycles. The van der Waals surface area contributed by atoms with Gasteiger partial charge in [0.25, 0.3) is 11.9 Å². The highest BCUT2D eigenvalue weighted by Crippen LogP contribution is 2.02. The zero-order valence-corrected chi connectivity index (χ0v) is 9.50. The highest BCUT2D eigenvalue weighted by molar-refractivity contribution is 6.03. The van der Waals surface area contributed by atoms with E-state index in [1.165, 1.54) is 4.80 Å². The lowest BCUT2D eigenvalue weighted by Crippen LogP contribution is -2.13. The van der Waals surface area contributed by atoms with Crippen molar-refractivity contribution in [1.29, 1.82) is 0 Å². The molecule has 0 aliphatic rings. The Bertz CT molecular complexity index is 494. The average molecular weight is 231 g/mol. The molecule has 1 aromatic carbocycles. The van der Waals surface area contributed by atoms with Crippen molar-refractivity contribution in [3.05, 3.63) is 35.9 Å². The van der Waals surface area contributed by atoms with Gasteiger partial charge in [-0.25, -0.2) is 0 Å². The summed E-state index contributed by atoms with van der Waals surface area (Å²) >= 11 is 0. The fourth-order valence-corrected chi connectivity index (χ4v) is 1.35. The number of carbonyl (C=O) groups is 1. The van der Waals surface area contributed by atoms with Crippen LogP contribution in [0.3, 0.4) is 0 Å². The van der Waals surface area contributed by atoms with Gasteiger partial charge in [-0.2, -0.15) is 4.80 Å². The first kappa shape index (κ1) is 11.3. The van der Waals surface area contributed by atoms with E-state index in [2.05, 4.69) is 20.7 Å². The van der Waals surface area contributed by atoms with Crippen molar-refractivity contribution >= 4 is 11.9 Å². The van der Waals surface area contributed by atoms with E-state index in [1.807, 2.05) is 13.0 Å². The summed E-state index contributed by atoms with van der Waals surface area (Å²) in [5.41, 5.74) is 0.569. The first-order chi connectivity index (χ1) is 8.29. The molecule has 0 saturated carbocycles. The molecule has 0 aliphatic heterocycles. The number of hydrogen-bond donors (Lipinski definition) is 1. The third-order valence-corrected chi connectivity index (χ3v) is 2.14. The molecule has 0 radical (unpaired) electrons. The van der Waals surface area contributed by atoms with Crippen LogP contribution in [0.4, 0.5) is 5.95 Å². The smallest absolute Gasteiger partial charge is 0.270 e. The summed E-state index contributed by atoms with van der Waals surface area (Å²) in [6.45, 7) is 2.71. The summed E-state index contributed by atoms with van der Waals surface area (Å²) in [4.78, 5) is 13.2. The Hall–Kier alpha value is -2.24. The summed E-state index contributed by atoms with van der Waals surface area (Å²) < 4.78 is 0. The monoisotopic (exact) mass is 231 g/mol. The number of hydrogen-bond acceptors (Lipinski definition) is 4. The lowest BCUT2D eigenvalue weighted by Gasteiger charge is -1.99. The van der Waals surface area contributed by atoms with Crippen LogP contribution < -0.4 is 5.32 Å². The third kappa shape index (κ3) is 2.87. The quantitative estimate of drug-likeness (QED) is 0.861. The van der Waals surface area contributed by atoms with E-state index in [1.54, 1.807) is 24.3 Å². The first-order valence-corrected chi connectivity index (χ1v) is 5.44. The molecule has 6 nitrogen and oxygen atoms in total. The Kier molecular flexibility index (Phi) is 3.44. The van der Waals surface area contributed by atoms with E-state index >= 15 is 0 Å². The number of tetrazole rings is 1. The molecule has 0 spiro atoms. The normalized spacial score (nSPS) is 10.2. The van der Waals surface area contributed by atoms with Crippen LogP contribution in [-0.2, 0) is 6.54 Å². The highest BCUT2D eigenvalue weighted by Gasteiger charge is 2.08. The lowest BCUT2D eigenvalue weighted by atomic mass is 10.2. The number of carbonyl (C=O) groups excluding carboxylic acids is 1. The van der Waals surface area contributed by atoms with Crippen molar-refractivity contribution in [2.24, 2.45) is 0 Å². The number of rotatable bonds is 4. The van der Waals surface area contributed by atoms with Gasteiger partial charge in [-0.1, -0.05) is 30.2 Å². The summed E-state index contributed by atoms with van der Waals surface area (Å²) in [6.07, 6.45) is 0.919. The molecule has 0 fully saturated rings. The minimum absolute atomic E-state index is 0.229. The average Bonchev–Trinajstić information content (AvgIpc) is 2.78. The minimum Gasteiger partial charge on any atom is -0.288 e. The molecule has 2 rings (SSSR count). The molecule has 0 saturated heterocycles. The van der Waals surface area contributed by atoms with E-state index in [-0.39, 0.29) is 11.9 Å². The SMILES string of the molecule is CCCn1nnc(NC(=O)c2ccccc2)n1. The minimum atomic E-state index is -0.235. The maximum absolute atomic E-state index is 11.8. The van der Waals surface area contributed by atoms with Crippen LogP contribution in [0.25, 0.3) is 0 Å². The molecule has 6 heteroatoms. The molecule has 0 unspecified atom stereocenters. The van der Waals surface area contributed by atoms with Crippen LogP contribution in [0.15, 0.2) is 30.3 Å². The van der Waals surface area contributed by atoms with Crippen molar-refractivity contribution < 1.29 is 4.79 Å². The molecule has 1 aromatic heterocycles. The molecule has 1 amide bonds. The molecule has 0 aliphatic carbocycles. The van der Waals surface area contributed by atoms with Gasteiger partial charge in [0.2, 0.25) is 0 Å². The van der Waals surface area contributed by atoms with Gasteiger partial charge in [0.1, 0.15) is 0 Å². The summed E-state index contributed by atoms with van der Waals surface area (Å²) in [5.74, 6) is -0.00560. The van der Waals surface area contributed by atoms with Gasteiger partial charge in [0, 0.05) is 5.56 Å². The summed E-state index contributed by atoms with van der Waals surface area (Å²) in [7, 11) is 0. The second-order valence-electron chi connectivity index (χ2n) is 3.53. The molecule has 17 heavy (non-hydrogen) atoms. The van der Waals surface area contributed by atoms with Crippen molar-refractivity contribution in [2.45, 2.75) is 19.9 Å². The van der Waals surface area contributed by atoms with E-state index in [0.29, 0.717) is 12.1 Å². The molecule has 2 aromatic rings. The maximum Gasteiger partial charge on any atom is 0.270 e. The predicted octanol–water partition coefficient (Wildman–Crippen LogP) is 1.34. The Labute approximate surface area is 98.6 Å². The van der Waals surface area contributed by atoms with Crippen LogP contribution in [0.5, 0.6) is 0 Å². The van der Waals surface area contributed by atoms with Crippen LogP contribution in [-0.4, -0.2) is 26.1 Å². The molecule has 88 valence electrons. The van der Waals surface area contributed by atoms with Crippen molar-refractivity contribution in [2.75, 3.05) is 5.32 Å². The van der Waals surface area contributed by atoms with Crippen molar-refractivity contribution in [3.8, 4) is 0 Å². The fraction of sp³-hybridized carbons (Fsp3) is 0.273.